The Hall–Kier alpha value is -0.800. The van der Waals surface area contributed by atoms with Crippen LogP contribution in [0.1, 0.15) is 38.9 Å². The van der Waals surface area contributed by atoms with Gasteiger partial charge in [-0.15, -0.1) is 0 Å². The Morgan fingerprint density at radius 1 is 1.28 bits per heavy atom. The van der Waals surface area contributed by atoms with Gasteiger partial charge in [0, 0.05) is 4.48 Å². The highest BCUT2D eigenvalue weighted by molar-refractivity contribution is 9.11. The van der Waals surface area contributed by atoms with Crippen molar-refractivity contribution >= 4 is 15.9 Å². The minimum atomic E-state index is -0.257. The van der Waals surface area contributed by atoms with E-state index in [9.17, 15) is 0 Å². The highest BCUT2D eigenvalue weighted by Crippen LogP contribution is 2.43. The fourth-order valence-electron chi connectivity index (χ4n) is 2.34. The van der Waals surface area contributed by atoms with Gasteiger partial charge in [-0.25, -0.2) is 0 Å². The van der Waals surface area contributed by atoms with Crippen molar-refractivity contribution in [2.45, 2.75) is 38.9 Å². The van der Waals surface area contributed by atoms with Gasteiger partial charge in [-0.05, 0) is 44.9 Å². The van der Waals surface area contributed by atoms with E-state index < -0.39 is 0 Å². The van der Waals surface area contributed by atoms with Crippen LogP contribution in [0.25, 0.3) is 0 Å². The van der Waals surface area contributed by atoms with E-state index in [1.807, 2.05) is 12.1 Å². The Labute approximate surface area is 117 Å². The molecule has 0 bridgehead atoms. The first-order chi connectivity index (χ1) is 8.44. The summed E-state index contributed by atoms with van der Waals surface area (Å²) >= 11 is 3.63. The molecule has 0 saturated heterocycles. The third-order valence-electron chi connectivity index (χ3n) is 3.32. The molecular formula is C15H19BrO2. The van der Waals surface area contributed by atoms with Crippen molar-refractivity contribution in [2.75, 3.05) is 7.11 Å². The van der Waals surface area contributed by atoms with E-state index >= 15 is 0 Å². The lowest BCUT2D eigenvalue weighted by Crippen LogP contribution is -2.32. The SMILES string of the molecule is COc1ccc(C2CC(C)=C(Br)C(C)(C)O2)cc1. The molecule has 0 spiro atoms. The topological polar surface area (TPSA) is 18.5 Å². The Bertz CT molecular complexity index is 460. The molecule has 1 aliphatic heterocycles. The molecule has 0 fully saturated rings. The van der Waals surface area contributed by atoms with Gasteiger partial charge in [0.1, 0.15) is 5.75 Å². The van der Waals surface area contributed by atoms with Crippen LogP contribution in [0.4, 0.5) is 0 Å². The van der Waals surface area contributed by atoms with Crippen LogP contribution in [-0.2, 0) is 4.74 Å². The van der Waals surface area contributed by atoms with Gasteiger partial charge in [0.25, 0.3) is 0 Å². The van der Waals surface area contributed by atoms with Crippen LogP contribution in [0.5, 0.6) is 5.75 Å². The van der Waals surface area contributed by atoms with Crippen molar-refractivity contribution in [1.82, 2.24) is 0 Å². The second kappa shape index (κ2) is 5.06. The Morgan fingerprint density at radius 2 is 1.89 bits per heavy atom. The zero-order valence-electron chi connectivity index (χ0n) is 11.3. The molecule has 0 aromatic heterocycles. The maximum absolute atomic E-state index is 6.17. The average Bonchev–Trinajstić information content (AvgIpc) is 2.35. The van der Waals surface area contributed by atoms with Gasteiger partial charge >= 0.3 is 0 Å². The van der Waals surface area contributed by atoms with Crippen molar-refractivity contribution in [3.8, 4) is 5.75 Å². The number of methoxy groups -OCH3 is 1. The number of rotatable bonds is 2. The minimum absolute atomic E-state index is 0.118. The molecule has 2 rings (SSSR count). The lowest BCUT2D eigenvalue weighted by Gasteiger charge is -2.37. The number of hydrogen-bond acceptors (Lipinski definition) is 2. The molecule has 0 saturated carbocycles. The summed E-state index contributed by atoms with van der Waals surface area (Å²) in [7, 11) is 1.68. The largest absolute Gasteiger partial charge is 0.497 e. The van der Waals surface area contributed by atoms with Crippen LogP contribution >= 0.6 is 15.9 Å². The second-order valence-corrected chi connectivity index (χ2v) is 5.98. The van der Waals surface area contributed by atoms with Crippen LogP contribution in [-0.4, -0.2) is 12.7 Å². The highest BCUT2D eigenvalue weighted by atomic mass is 79.9. The third-order valence-corrected chi connectivity index (χ3v) is 4.95. The summed E-state index contributed by atoms with van der Waals surface area (Å²) in [6, 6.07) is 8.11. The van der Waals surface area contributed by atoms with Crippen molar-refractivity contribution in [3.05, 3.63) is 39.9 Å². The molecule has 1 atom stereocenters. The summed E-state index contributed by atoms with van der Waals surface area (Å²) < 4.78 is 12.5. The monoisotopic (exact) mass is 310 g/mol. The van der Waals surface area contributed by atoms with Gasteiger partial charge < -0.3 is 9.47 Å². The number of halogens is 1. The van der Waals surface area contributed by atoms with Gasteiger partial charge in [-0.2, -0.15) is 0 Å². The number of ether oxygens (including phenoxy) is 2. The van der Waals surface area contributed by atoms with Crippen LogP contribution in [0.2, 0.25) is 0 Å². The first kappa shape index (κ1) is 13.6. The van der Waals surface area contributed by atoms with Crippen molar-refractivity contribution in [3.63, 3.8) is 0 Å². The maximum atomic E-state index is 6.17. The molecule has 0 radical (unpaired) electrons. The van der Waals surface area contributed by atoms with Gasteiger partial charge in [-0.3, -0.25) is 0 Å². The van der Waals surface area contributed by atoms with E-state index in [2.05, 4.69) is 48.8 Å². The van der Waals surface area contributed by atoms with Gasteiger partial charge in [-0.1, -0.05) is 33.6 Å². The molecule has 1 aromatic carbocycles. The van der Waals surface area contributed by atoms with Crippen LogP contribution in [0.3, 0.4) is 0 Å². The predicted octanol–water partition coefficient (Wildman–Crippen LogP) is 4.60. The van der Waals surface area contributed by atoms with E-state index in [4.69, 9.17) is 9.47 Å². The van der Waals surface area contributed by atoms with Gasteiger partial charge in [0.15, 0.2) is 0 Å². The Balaban J connectivity index is 2.25. The van der Waals surface area contributed by atoms with Crippen molar-refractivity contribution in [1.29, 1.82) is 0 Å². The molecule has 18 heavy (non-hydrogen) atoms. The van der Waals surface area contributed by atoms with E-state index in [0.29, 0.717) is 0 Å². The van der Waals surface area contributed by atoms with Crippen LogP contribution in [0, 0.1) is 0 Å². The van der Waals surface area contributed by atoms with Gasteiger partial charge in [0.2, 0.25) is 0 Å². The standard InChI is InChI=1S/C15H19BrO2/c1-10-9-13(18-15(2,3)14(10)16)11-5-7-12(17-4)8-6-11/h5-8,13H,9H2,1-4H3. The Morgan fingerprint density at radius 3 is 2.39 bits per heavy atom. The van der Waals surface area contributed by atoms with E-state index in [0.717, 1.165) is 12.2 Å². The smallest absolute Gasteiger partial charge is 0.118 e. The summed E-state index contributed by atoms with van der Waals surface area (Å²) in [5.74, 6) is 0.877. The molecule has 3 heteroatoms. The molecule has 2 nitrogen and oxygen atoms in total. The first-order valence-electron chi connectivity index (χ1n) is 6.11. The summed E-state index contributed by atoms with van der Waals surface area (Å²) in [6.45, 7) is 6.34. The van der Waals surface area contributed by atoms with Crippen molar-refractivity contribution in [2.24, 2.45) is 0 Å². The first-order valence-corrected chi connectivity index (χ1v) is 6.91. The summed E-state index contributed by atoms with van der Waals surface area (Å²) in [5, 5.41) is 0. The normalized spacial score (nSPS) is 23.1. The maximum Gasteiger partial charge on any atom is 0.118 e. The average molecular weight is 311 g/mol. The zero-order chi connectivity index (χ0) is 13.3. The zero-order valence-corrected chi connectivity index (χ0v) is 12.9. The predicted molar refractivity (Wildman–Crippen MR) is 77.1 cm³/mol. The molecule has 1 heterocycles. The lowest BCUT2D eigenvalue weighted by atomic mass is 9.93. The second-order valence-electron chi connectivity index (χ2n) is 5.19. The molecule has 1 aliphatic rings. The van der Waals surface area contributed by atoms with Crippen LogP contribution in [0.15, 0.2) is 34.3 Å². The summed E-state index contributed by atoms with van der Waals surface area (Å²) in [4.78, 5) is 0. The van der Waals surface area contributed by atoms with Gasteiger partial charge in [0.05, 0.1) is 18.8 Å². The number of benzene rings is 1. The van der Waals surface area contributed by atoms with E-state index in [1.165, 1.54) is 15.6 Å². The minimum Gasteiger partial charge on any atom is -0.497 e. The molecule has 0 aliphatic carbocycles. The summed E-state index contributed by atoms with van der Waals surface area (Å²) in [5.41, 5.74) is 2.29. The highest BCUT2D eigenvalue weighted by Gasteiger charge is 2.33. The molecule has 1 aromatic rings. The molecule has 0 N–H and O–H groups in total. The lowest BCUT2D eigenvalue weighted by molar-refractivity contribution is -0.0551. The third kappa shape index (κ3) is 2.62. The van der Waals surface area contributed by atoms with E-state index in [1.54, 1.807) is 7.11 Å². The summed E-state index contributed by atoms with van der Waals surface area (Å²) in [6.07, 6.45) is 1.04. The number of hydrogen-bond donors (Lipinski definition) is 0. The van der Waals surface area contributed by atoms with Crippen molar-refractivity contribution < 1.29 is 9.47 Å². The van der Waals surface area contributed by atoms with Crippen LogP contribution < -0.4 is 4.74 Å². The fraction of sp³-hybridized carbons (Fsp3) is 0.467. The molecule has 1 unspecified atom stereocenters. The quantitative estimate of drug-likeness (QED) is 0.794. The molecule has 0 amide bonds. The Kier molecular flexibility index (Phi) is 3.83. The van der Waals surface area contributed by atoms with E-state index in [-0.39, 0.29) is 11.7 Å². The molecular weight excluding hydrogens is 292 g/mol. The fourth-order valence-corrected chi connectivity index (χ4v) is 2.59. The molecule has 98 valence electrons.